The second-order valence-corrected chi connectivity index (χ2v) is 8.73. The zero-order valence-corrected chi connectivity index (χ0v) is 19.3. The number of hydrogen-bond donors (Lipinski definition) is 1. The molecule has 1 atom stereocenters. The third-order valence-electron chi connectivity index (χ3n) is 6.36. The number of hydrogen-bond acceptors (Lipinski definition) is 5. The molecule has 7 nitrogen and oxygen atoms in total. The summed E-state index contributed by atoms with van der Waals surface area (Å²) in [6, 6.07) is 7.10. The van der Waals surface area contributed by atoms with E-state index in [1.54, 1.807) is 12.1 Å². The Labute approximate surface area is 206 Å². The summed E-state index contributed by atoms with van der Waals surface area (Å²) < 4.78 is 84.0. The molecule has 0 saturated carbocycles. The molecule has 1 spiro atoms. The first-order valence-electron chi connectivity index (χ1n) is 11.2. The quantitative estimate of drug-likeness (QED) is 0.567. The van der Waals surface area contributed by atoms with Crippen LogP contribution in [0.25, 0.3) is 0 Å². The number of carbonyl (C=O) groups is 2. The Morgan fingerprint density at radius 1 is 1.00 bits per heavy atom. The van der Waals surface area contributed by atoms with Crippen LogP contribution in [-0.2, 0) is 22.3 Å². The minimum atomic E-state index is -5.08. The number of aliphatic carboxylic acids is 1. The largest absolute Gasteiger partial charge is 0.490 e. The van der Waals surface area contributed by atoms with Crippen molar-refractivity contribution >= 4 is 17.7 Å². The maximum absolute atomic E-state index is 13.2. The average Bonchev–Trinajstić information content (AvgIpc) is 2.98. The van der Waals surface area contributed by atoms with E-state index in [0.717, 1.165) is 37.2 Å². The van der Waals surface area contributed by atoms with E-state index in [0.29, 0.717) is 32.5 Å². The van der Waals surface area contributed by atoms with Crippen LogP contribution in [0.15, 0.2) is 36.7 Å². The molecule has 1 unspecified atom stereocenters. The van der Waals surface area contributed by atoms with Gasteiger partial charge < -0.3 is 14.9 Å². The van der Waals surface area contributed by atoms with Crippen LogP contribution in [-0.4, -0.2) is 56.7 Å². The van der Waals surface area contributed by atoms with E-state index in [1.165, 1.54) is 12.1 Å². The average molecular weight is 536 g/mol. The highest BCUT2D eigenvalue weighted by Gasteiger charge is 2.46. The van der Waals surface area contributed by atoms with Gasteiger partial charge in [-0.05, 0) is 43.4 Å². The number of halogens is 7. The Hall–Kier alpha value is -3.45. The zero-order valence-electron chi connectivity index (χ0n) is 19.3. The molecule has 0 bridgehead atoms. The number of rotatable bonds is 3. The zero-order chi connectivity index (χ0) is 27.4. The Morgan fingerprint density at radius 3 is 2.24 bits per heavy atom. The Balaban J connectivity index is 0.000000479. The van der Waals surface area contributed by atoms with Gasteiger partial charge in [0.05, 0.1) is 0 Å². The van der Waals surface area contributed by atoms with Crippen molar-refractivity contribution in [1.82, 2.24) is 14.9 Å². The van der Waals surface area contributed by atoms with E-state index < -0.39 is 24.0 Å². The summed E-state index contributed by atoms with van der Waals surface area (Å²) in [5, 5.41) is 7.12. The Morgan fingerprint density at radius 2 is 1.65 bits per heavy atom. The Bertz CT molecular complexity index is 1110. The van der Waals surface area contributed by atoms with Crippen molar-refractivity contribution in [2.24, 2.45) is 0 Å². The molecule has 0 radical (unpaired) electrons. The van der Waals surface area contributed by atoms with E-state index in [-0.39, 0.29) is 23.1 Å². The molecule has 1 amide bonds. The number of nitrogens with zero attached hydrogens (tertiary/aromatic N) is 4. The van der Waals surface area contributed by atoms with Gasteiger partial charge in [-0.2, -0.15) is 26.3 Å². The molecule has 1 aromatic heterocycles. The van der Waals surface area contributed by atoms with Crippen molar-refractivity contribution in [1.29, 1.82) is 0 Å². The summed E-state index contributed by atoms with van der Waals surface area (Å²) >= 11 is 0. The van der Waals surface area contributed by atoms with E-state index in [1.807, 2.05) is 9.80 Å². The van der Waals surface area contributed by atoms with Crippen molar-refractivity contribution < 1.29 is 45.4 Å². The molecule has 2 fully saturated rings. The number of alkyl halides is 6. The number of carboxylic acids is 1. The van der Waals surface area contributed by atoms with E-state index in [4.69, 9.17) is 9.90 Å². The van der Waals surface area contributed by atoms with Crippen LogP contribution in [0.2, 0.25) is 0 Å². The lowest BCUT2D eigenvalue weighted by atomic mass is 9.87. The number of carbonyl (C=O) groups excluding carboxylic acids is 1. The number of carboxylic acid groups (broad SMARTS) is 1. The second kappa shape index (κ2) is 10.9. The molecule has 2 aliphatic rings. The van der Waals surface area contributed by atoms with Crippen molar-refractivity contribution in [3.8, 4) is 0 Å². The van der Waals surface area contributed by atoms with Gasteiger partial charge in [0.25, 0.3) is 0 Å². The molecule has 1 aromatic carbocycles. The topological polar surface area (TPSA) is 86.6 Å². The smallest absolute Gasteiger partial charge is 0.475 e. The molecular weight excluding hydrogens is 513 g/mol. The molecule has 2 saturated heterocycles. The Kier molecular flexibility index (Phi) is 8.28. The third-order valence-corrected chi connectivity index (χ3v) is 6.36. The summed E-state index contributed by atoms with van der Waals surface area (Å²) in [6.07, 6.45) is -5.34. The van der Waals surface area contributed by atoms with Crippen LogP contribution < -0.4 is 4.90 Å². The molecule has 202 valence electrons. The van der Waals surface area contributed by atoms with Gasteiger partial charge in [-0.15, -0.1) is 0 Å². The predicted octanol–water partition coefficient (Wildman–Crippen LogP) is 4.82. The lowest BCUT2D eigenvalue weighted by Gasteiger charge is -2.38. The summed E-state index contributed by atoms with van der Waals surface area (Å²) in [5.41, 5.74) is -0.432. The van der Waals surface area contributed by atoms with E-state index in [2.05, 4.69) is 9.97 Å². The van der Waals surface area contributed by atoms with Crippen molar-refractivity contribution in [3.05, 3.63) is 53.7 Å². The van der Waals surface area contributed by atoms with Crippen LogP contribution >= 0.6 is 0 Å². The van der Waals surface area contributed by atoms with E-state index in [9.17, 15) is 35.5 Å². The third kappa shape index (κ3) is 7.07. The lowest BCUT2D eigenvalue weighted by Crippen LogP contribution is -2.46. The number of aromatic nitrogens is 2. The molecule has 1 N–H and O–H groups in total. The van der Waals surface area contributed by atoms with Crippen LogP contribution in [0.5, 0.6) is 0 Å². The SMILES string of the molecule is O=C(O)C(F)(F)F.O=C1CCC2(CCCN(c3cc(C(F)(F)F)ncn3)CC2)N1Cc1ccc(F)cc1. The highest BCUT2D eigenvalue weighted by atomic mass is 19.4. The fourth-order valence-electron chi connectivity index (χ4n) is 4.51. The first-order chi connectivity index (χ1) is 17.2. The number of likely N-dealkylation sites (tertiary alicyclic amines) is 1. The van der Waals surface area contributed by atoms with Crippen molar-refractivity contribution in [3.63, 3.8) is 0 Å². The molecule has 4 rings (SSSR count). The summed E-state index contributed by atoms with van der Waals surface area (Å²) in [6.45, 7) is 1.47. The first-order valence-corrected chi connectivity index (χ1v) is 11.2. The summed E-state index contributed by atoms with van der Waals surface area (Å²) in [7, 11) is 0. The van der Waals surface area contributed by atoms with Gasteiger partial charge in [0.15, 0.2) is 0 Å². The van der Waals surface area contributed by atoms with E-state index >= 15 is 0 Å². The number of anilines is 1. The van der Waals surface area contributed by atoms with Crippen molar-refractivity contribution in [2.75, 3.05) is 18.0 Å². The standard InChI is InChI=1S/C21H22F4N4O.C2HF3O2/c22-16-4-2-15(3-5-16)13-29-19(30)6-8-20(29)7-1-10-28(11-9-20)18-12-17(21(23,24)25)26-14-27-18;3-2(4,5)1(6)7/h2-5,12,14H,1,6-11,13H2;(H,6,7). The summed E-state index contributed by atoms with van der Waals surface area (Å²) in [5.74, 6) is -2.76. The highest BCUT2D eigenvalue weighted by molar-refractivity contribution is 5.79. The normalized spacial score (nSPS) is 20.5. The maximum atomic E-state index is 13.2. The number of amides is 1. The predicted molar refractivity (Wildman–Crippen MR) is 116 cm³/mol. The maximum Gasteiger partial charge on any atom is 0.490 e. The fraction of sp³-hybridized carbons (Fsp3) is 0.478. The van der Waals surface area contributed by atoms with Crippen LogP contribution in [0.3, 0.4) is 0 Å². The lowest BCUT2D eigenvalue weighted by molar-refractivity contribution is -0.192. The monoisotopic (exact) mass is 536 g/mol. The van der Waals surface area contributed by atoms with Gasteiger partial charge in [0.2, 0.25) is 5.91 Å². The summed E-state index contributed by atoms with van der Waals surface area (Å²) in [4.78, 5) is 32.6. The van der Waals surface area contributed by atoms with Crippen LogP contribution in [0, 0.1) is 5.82 Å². The molecular formula is C23H23F7N4O3. The molecule has 3 heterocycles. The van der Waals surface area contributed by atoms with Crippen LogP contribution in [0.4, 0.5) is 36.6 Å². The number of benzene rings is 1. The van der Waals surface area contributed by atoms with Gasteiger partial charge in [0, 0.05) is 37.7 Å². The molecule has 2 aromatic rings. The van der Waals surface area contributed by atoms with Gasteiger partial charge >= 0.3 is 18.3 Å². The van der Waals surface area contributed by atoms with Gasteiger partial charge in [-0.3, -0.25) is 4.79 Å². The second-order valence-electron chi connectivity index (χ2n) is 8.73. The molecule has 2 aliphatic heterocycles. The van der Waals surface area contributed by atoms with Gasteiger partial charge in [0.1, 0.15) is 23.7 Å². The fourth-order valence-corrected chi connectivity index (χ4v) is 4.51. The minimum absolute atomic E-state index is 0.0640. The molecule has 14 heteroatoms. The minimum Gasteiger partial charge on any atom is -0.475 e. The van der Waals surface area contributed by atoms with Gasteiger partial charge in [-0.1, -0.05) is 12.1 Å². The van der Waals surface area contributed by atoms with Crippen LogP contribution in [0.1, 0.15) is 43.4 Å². The molecule has 0 aliphatic carbocycles. The first kappa shape index (κ1) is 28.1. The van der Waals surface area contributed by atoms with Gasteiger partial charge in [-0.25, -0.2) is 19.2 Å². The van der Waals surface area contributed by atoms with Crippen molar-refractivity contribution in [2.45, 2.75) is 56.5 Å². The highest BCUT2D eigenvalue weighted by Crippen LogP contribution is 2.41. The molecule has 37 heavy (non-hydrogen) atoms.